The number of carbonyl (C=O) groups is 2. The van der Waals surface area contributed by atoms with Crippen LogP contribution in [0.5, 0.6) is 5.75 Å². The molecule has 2 rings (SSSR count). The summed E-state index contributed by atoms with van der Waals surface area (Å²) in [5, 5.41) is 8.88. The number of rotatable bonds is 4. The van der Waals surface area contributed by atoms with Gasteiger partial charge in [0.05, 0.1) is 5.56 Å². The van der Waals surface area contributed by atoms with Crippen LogP contribution in [0.25, 0.3) is 0 Å². The molecule has 1 aromatic rings. The Morgan fingerprint density at radius 2 is 2.05 bits per heavy atom. The molecule has 0 unspecified atom stereocenters. The maximum absolute atomic E-state index is 12.0. The van der Waals surface area contributed by atoms with Gasteiger partial charge in [0.1, 0.15) is 5.75 Å². The first-order valence-corrected chi connectivity index (χ1v) is 6.80. The van der Waals surface area contributed by atoms with Gasteiger partial charge in [0.2, 0.25) is 0 Å². The van der Waals surface area contributed by atoms with E-state index in [0.29, 0.717) is 11.7 Å². The maximum Gasteiger partial charge on any atom is 0.335 e. The second kappa shape index (κ2) is 6.41. The molecule has 0 radical (unpaired) electrons. The fourth-order valence-electron chi connectivity index (χ4n) is 2.21. The van der Waals surface area contributed by atoms with Crippen molar-refractivity contribution in [2.75, 3.05) is 19.7 Å². The number of aromatic carboxylic acids is 1. The van der Waals surface area contributed by atoms with Gasteiger partial charge < -0.3 is 14.7 Å². The highest BCUT2D eigenvalue weighted by molar-refractivity contribution is 5.88. The summed E-state index contributed by atoms with van der Waals surface area (Å²) in [6.07, 6.45) is 2.06. The largest absolute Gasteiger partial charge is 0.484 e. The summed E-state index contributed by atoms with van der Waals surface area (Å²) in [5.74, 6) is 0.0280. The lowest BCUT2D eigenvalue weighted by Crippen LogP contribution is -2.40. The van der Waals surface area contributed by atoms with Crippen LogP contribution in [0.3, 0.4) is 0 Å². The Kier molecular flexibility index (Phi) is 4.61. The molecule has 0 aliphatic carbocycles. The average molecular weight is 277 g/mol. The quantitative estimate of drug-likeness (QED) is 0.914. The van der Waals surface area contributed by atoms with E-state index in [0.717, 1.165) is 25.9 Å². The number of benzene rings is 1. The van der Waals surface area contributed by atoms with Crippen molar-refractivity contribution in [2.45, 2.75) is 19.8 Å². The van der Waals surface area contributed by atoms with Gasteiger partial charge in [-0.2, -0.15) is 0 Å². The molecular weight excluding hydrogens is 258 g/mol. The molecule has 1 saturated heterocycles. The number of likely N-dealkylation sites (tertiary alicyclic amines) is 1. The summed E-state index contributed by atoms with van der Waals surface area (Å²) in [6, 6.07) is 6.17. The molecule has 1 aliphatic heterocycles. The number of carbonyl (C=O) groups excluding carboxylic acids is 1. The van der Waals surface area contributed by atoms with Gasteiger partial charge in [0, 0.05) is 13.1 Å². The molecule has 0 aromatic heterocycles. The lowest BCUT2D eigenvalue weighted by Gasteiger charge is -2.30. The first kappa shape index (κ1) is 14.4. The van der Waals surface area contributed by atoms with Gasteiger partial charge in [-0.1, -0.05) is 13.0 Å². The highest BCUT2D eigenvalue weighted by Crippen LogP contribution is 2.17. The topological polar surface area (TPSA) is 66.8 Å². The smallest absolute Gasteiger partial charge is 0.335 e. The van der Waals surface area contributed by atoms with Crippen LogP contribution in [0.2, 0.25) is 0 Å². The Morgan fingerprint density at radius 3 is 2.70 bits per heavy atom. The van der Waals surface area contributed by atoms with E-state index in [1.165, 1.54) is 12.1 Å². The number of amides is 1. The minimum absolute atomic E-state index is 0.0439. The molecule has 5 nitrogen and oxygen atoms in total. The van der Waals surface area contributed by atoms with Crippen molar-refractivity contribution in [1.29, 1.82) is 0 Å². The Morgan fingerprint density at radius 1 is 1.35 bits per heavy atom. The Balaban J connectivity index is 1.87. The SMILES string of the molecule is CC1CCN(C(=O)COc2cccc(C(=O)O)c2)CC1. The van der Waals surface area contributed by atoms with E-state index in [9.17, 15) is 9.59 Å². The lowest BCUT2D eigenvalue weighted by molar-refractivity contribution is -0.134. The molecule has 1 heterocycles. The normalized spacial score (nSPS) is 15.9. The number of ether oxygens (including phenoxy) is 1. The van der Waals surface area contributed by atoms with E-state index in [-0.39, 0.29) is 18.1 Å². The summed E-state index contributed by atoms with van der Waals surface area (Å²) in [6.45, 7) is 3.70. The molecule has 5 heteroatoms. The second-order valence-corrected chi connectivity index (χ2v) is 5.18. The number of hydrogen-bond acceptors (Lipinski definition) is 3. The van der Waals surface area contributed by atoms with E-state index in [1.807, 2.05) is 0 Å². The van der Waals surface area contributed by atoms with E-state index in [1.54, 1.807) is 17.0 Å². The predicted octanol–water partition coefficient (Wildman–Crippen LogP) is 2.02. The zero-order valence-electron chi connectivity index (χ0n) is 11.5. The number of hydrogen-bond donors (Lipinski definition) is 1. The van der Waals surface area contributed by atoms with Crippen LogP contribution < -0.4 is 4.74 Å². The van der Waals surface area contributed by atoms with Crippen molar-refractivity contribution in [1.82, 2.24) is 4.90 Å². The third-order valence-electron chi connectivity index (χ3n) is 3.58. The number of carboxylic acids is 1. The third-order valence-corrected chi connectivity index (χ3v) is 3.58. The number of carboxylic acid groups (broad SMARTS) is 1. The number of piperidine rings is 1. The Hall–Kier alpha value is -2.04. The number of nitrogens with zero attached hydrogens (tertiary/aromatic N) is 1. The highest BCUT2D eigenvalue weighted by Gasteiger charge is 2.20. The average Bonchev–Trinajstić information content (AvgIpc) is 2.46. The zero-order chi connectivity index (χ0) is 14.5. The summed E-state index contributed by atoms with van der Waals surface area (Å²) in [5.41, 5.74) is 0.154. The third kappa shape index (κ3) is 3.73. The van der Waals surface area contributed by atoms with Gasteiger partial charge in [0.25, 0.3) is 5.91 Å². The summed E-state index contributed by atoms with van der Waals surface area (Å²) in [4.78, 5) is 24.6. The molecule has 0 saturated carbocycles. The van der Waals surface area contributed by atoms with Crippen LogP contribution >= 0.6 is 0 Å². The van der Waals surface area contributed by atoms with Gasteiger partial charge in [0.15, 0.2) is 6.61 Å². The summed E-state index contributed by atoms with van der Waals surface area (Å²) < 4.78 is 5.38. The van der Waals surface area contributed by atoms with Crippen molar-refractivity contribution in [2.24, 2.45) is 5.92 Å². The predicted molar refractivity (Wildman–Crippen MR) is 73.9 cm³/mol. The second-order valence-electron chi connectivity index (χ2n) is 5.18. The molecule has 108 valence electrons. The molecule has 1 aliphatic rings. The summed E-state index contributed by atoms with van der Waals surface area (Å²) in [7, 11) is 0. The first-order valence-electron chi connectivity index (χ1n) is 6.80. The van der Waals surface area contributed by atoms with E-state index in [4.69, 9.17) is 9.84 Å². The molecule has 20 heavy (non-hydrogen) atoms. The molecule has 1 fully saturated rings. The minimum atomic E-state index is -1.01. The monoisotopic (exact) mass is 277 g/mol. The van der Waals surface area contributed by atoms with Crippen molar-refractivity contribution in [3.63, 3.8) is 0 Å². The van der Waals surface area contributed by atoms with Crippen molar-refractivity contribution in [3.8, 4) is 5.75 Å². The maximum atomic E-state index is 12.0. The van der Waals surface area contributed by atoms with Crippen LogP contribution in [-0.2, 0) is 4.79 Å². The lowest BCUT2D eigenvalue weighted by atomic mass is 9.99. The summed E-state index contributed by atoms with van der Waals surface area (Å²) >= 11 is 0. The zero-order valence-corrected chi connectivity index (χ0v) is 11.5. The van der Waals surface area contributed by atoms with Gasteiger partial charge in [-0.15, -0.1) is 0 Å². The molecule has 0 atom stereocenters. The van der Waals surface area contributed by atoms with Crippen LogP contribution in [0, 0.1) is 5.92 Å². The Labute approximate surface area is 118 Å². The molecule has 1 N–H and O–H groups in total. The van der Waals surface area contributed by atoms with Crippen LogP contribution in [0.15, 0.2) is 24.3 Å². The molecule has 0 spiro atoms. The first-order chi connectivity index (χ1) is 9.56. The minimum Gasteiger partial charge on any atom is -0.484 e. The van der Waals surface area contributed by atoms with Crippen LogP contribution in [0.4, 0.5) is 0 Å². The van der Waals surface area contributed by atoms with Crippen molar-refractivity contribution >= 4 is 11.9 Å². The standard InChI is InChI=1S/C15H19NO4/c1-11-5-7-16(8-6-11)14(17)10-20-13-4-2-3-12(9-13)15(18)19/h2-4,9,11H,5-8,10H2,1H3,(H,18,19). The van der Waals surface area contributed by atoms with Gasteiger partial charge in [-0.3, -0.25) is 4.79 Å². The fourth-order valence-corrected chi connectivity index (χ4v) is 2.21. The van der Waals surface area contributed by atoms with Gasteiger partial charge >= 0.3 is 5.97 Å². The van der Waals surface area contributed by atoms with Crippen LogP contribution in [0.1, 0.15) is 30.1 Å². The van der Waals surface area contributed by atoms with Gasteiger partial charge in [-0.05, 0) is 37.0 Å². The molecular formula is C15H19NO4. The Bertz CT molecular complexity index is 492. The highest BCUT2D eigenvalue weighted by atomic mass is 16.5. The van der Waals surface area contributed by atoms with Crippen molar-refractivity contribution < 1.29 is 19.4 Å². The molecule has 1 amide bonds. The van der Waals surface area contributed by atoms with E-state index in [2.05, 4.69) is 6.92 Å². The van der Waals surface area contributed by atoms with Gasteiger partial charge in [-0.25, -0.2) is 4.79 Å². The van der Waals surface area contributed by atoms with Crippen LogP contribution in [-0.4, -0.2) is 41.6 Å². The fraction of sp³-hybridized carbons (Fsp3) is 0.467. The van der Waals surface area contributed by atoms with E-state index < -0.39 is 5.97 Å². The molecule has 0 bridgehead atoms. The molecule has 1 aromatic carbocycles. The van der Waals surface area contributed by atoms with E-state index >= 15 is 0 Å². The van der Waals surface area contributed by atoms with Crippen molar-refractivity contribution in [3.05, 3.63) is 29.8 Å².